The van der Waals surface area contributed by atoms with E-state index in [0.717, 1.165) is 37.6 Å². The molecule has 2 N–H and O–H groups in total. The first-order valence-corrected chi connectivity index (χ1v) is 7.60. The molecule has 112 valence electrons. The molecule has 4 heteroatoms. The number of rotatable bonds is 4. The topological polar surface area (TPSA) is 45.4 Å². The average Bonchev–Trinajstić information content (AvgIpc) is 2.45. The number of hydrogen-bond donors (Lipinski definition) is 1. The Hall–Kier alpha value is -1.13. The van der Waals surface area contributed by atoms with E-state index in [-0.39, 0.29) is 0 Å². The summed E-state index contributed by atoms with van der Waals surface area (Å²) in [5, 5.41) is 0. The van der Waals surface area contributed by atoms with Crippen molar-refractivity contribution in [1.82, 2.24) is 9.88 Å². The Morgan fingerprint density at radius 3 is 2.35 bits per heavy atom. The predicted molar refractivity (Wildman–Crippen MR) is 84.9 cm³/mol. The molecule has 1 aromatic heterocycles. The van der Waals surface area contributed by atoms with E-state index in [1.165, 1.54) is 13.0 Å². The molecule has 4 nitrogen and oxygen atoms in total. The molecular formula is C16H28N4. The standard InChI is InChI=1S/C16H28N4/c1-16(2,3)6-7-19-8-10-20(11-9-19)15-5-4-14(12-17)13-18-15/h4-5,13H,6-12,17H2,1-3H3. The summed E-state index contributed by atoms with van der Waals surface area (Å²) in [4.78, 5) is 9.45. The third-order valence-electron chi connectivity index (χ3n) is 3.92. The van der Waals surface area contributed by atoms with Crippen molar-refractivity contribution >= 4 is 5.82 Å². The second-order valence-corrected chi connectivity index (χ2v) is 6.87. The Bertz CT molecular complexity index is 399. The van der Waals surface area contributed by atoms with Gasteiger partial charge in [-0.15, -0.1) is 0 Å². The third kappa shape index (κ3) is 4.46. The largest absolute Gasteiger partial charge is 0.354 e. The normalized spacial score (nSPS) is 17.5. The van der Waals surface area contributed by atoms with Gasteiger partial charge in [0, 0.05) is 38.9 Å². The predicted octanol–water partition coefficient (Wildman–Crippen LogP) is 2.10. The highest BCUT2D eigenvalue weighted by atomic mass is 15.3. The molecular weight excluding hydrogens is 248 g/mol. The van der Waals surface area contributed by atoms with Gasteiger partial charge in [-0.25, -0.2) is 4.98 Å². The number of aromatic nitrogens is 1. The van der Waals surface area contributed by atoms with Crippen LogP contribution < -0.4 is 10.6 Å². The number of piperazine rings is 1. The highest BCUT2D eigenvalue weighted by Crippen LogP contribution is 2.20. The number of anilines is 1. The van der Waals surface area contributed by atoms with E-state index in [0.29, 0.717) is 12.0 Å². The Morgan fingerprint density at radius 2 is 1.85 bits per heavy atom. The van der Waals surface area contributed by atoms with Gasteiger partial charge in [0.15, 0.2) is 0 Å². The smallest absolute Gasteiger partial charge is 0.128 e. The summed E-state index contributed by atoms with van der Waals surface area (Å²) in [6, 6.07) is 4.17. The van der Waals surface area contributed by atoms with Gasteiger partial charge in [-0.1, -0.05) is 26.8 Å². The fraction of sp³-hybridized carbons (Fsp3) is 0.688. The van der Waals surface area contributed by atoms with Gasteiger partial charge in [-0.05, 0) is 30.0 Å². The molecule has 0 aromatic carbocycles. The van der Waals surface area contributed by atoms with Crippen LogP contribution in [0.5, 0.6) is 0 Å². The molecule has 2 heterocycles. The van der Waals surface area contributed by atoms with Crippen molar-refractivity contribution in [2.24, 2.45) is 11.1 Å². The van der Waals surface area contributed by atoms with Gasteiger partial charge in [-0.3, -0.25) is 4.90 Å². The maximum atomic E-state index is 5.60. The summed E-state index contributed by atoms with van der Waals surface area (Å²) in [6.07, 6.45) is 3.15. The van der Waals surface area contributed by atoms with Crippen molar-refractivity contribution < 1.29 is 0 Å². The fourth-order valence-electron chi connectivity index (χ4n) is 2.42. The van der Waals surface area contributed by atoms with E-state index in [4.69, 9.17) is 5.73 Å². The van der Waals surface area contributed by atoms with Crippen LogP contribution in [0.4, 0.5) is 5.82 Å². The molecule has 0 unspecified atom stereocenters. The van der Waals surface area contributed by atoms with E-state index in [2.05, 4.69) is 47.7 Å². The van der Waals surface area contributed by atoms with E-state index in [1.54, 1.807) is 0 Å². The van der Waals surface area contributed by atoms with Gasteiger partial charge >= 0.3 is 0 Å². The number of pyridine rings is 1. The number of hydrogen-bond acceptors (Lipinski definition) is 4. The first kappa shape index (κ1) is 15.3. The molecule has 0 spiro atoms. The molecule has 0 atom stereocenters. The Morgan fingerprint density at radius 1 is 1.15 bits per heavy atom. The van der Waals surface area contributed by atoms with Gasteiger partial charge in [0.05, 0.1) is 0 Å². The molecule has 0 aliphatic carbocycles. The van der Waals surface area contributed by atoms with Crippen molar-refractivity contribution in [1.29, 1.82) is 0 Å². The fourth-order valence-corrected chi connectivity index (χ4v) is 2.42. The van der Waals surface area contributed by atoms with Crippen molar-refractivity contribution in [3.8, 4) is 0 Å². The van der Waals surface area contributed by atoms with E-state index >= 15 is 0 Å². The first-order chi connectivity index (χ1) is 9.48. The molecule has 1 aliphatic rings. The van der Waals surface area contributed by atoms with E-state index < -0.39 is 0 Å². The maximum absolute atomic E-state index is 5.60. The molecule has 0 bridgehead atoms. The van der Waals surface area contributed by atoms with Crippen LogP contribution in [0.15, 0.2) is 18.3 Å². The van der Waals surface area contributed by atoms with E-state index in [9.17, 15) is 0 Å². The molecule has 0 saturated carbocycles. The van der Waals surface area contributed by atoms with Crippen LogP contribution in [0.2, 0.25) is 0 Å². The van der Waals surface area contributed by atoms with Crippen LogP contribution in [0.3, 0.4) is 0 Å². The molecule has 1 saturated heterocycles. The summed E-state index contributed by atoms with van der Waals surface area (Å²) < 4.78 is 0. The zero-order valence-electron chi connectivity index (χ0n) is 13.1. The molecule has 1 fully saturated rings. The summed E-state index contributed by atoms with van der Waals surface area (Å²) in [5.74, 6) is 1.08. The zero-order chi connectivity index (χ0) is 14.6. The lowest BCUT2D eigenvalue weighted by Crippen LogP contribution is -2.47. The zero-order valence-corrected chi connectivity index (χ0v) is 13.1. The highest BCUT2D eigenvalue weighted by Gasteiger charge is 2.19. The molecule has 0 radical (unpaired) electrons. The van der Waals surface area contributed by atoms with Crippen molar-refractivity contribution in [3.63, 3.8) is 0 Å². The van der Waals surface area contributed by atoms with Crippen LogP contribution in [0.1, 0.15) is 32.8 Å². The Kier molecular flexibility index (Phi) is 5.00. The van der Waals surface area contributed by atoms with Crippen LogP contribution >= 0.6 is 0 Å². The molecule has 0 amide bonds. The highest BCUT2D eigenvalue weighted by molar-refractivity contribution is 5.39. The minimum Gasteiger partial charge on any atom is -0.354 e. The average molecular weight is 276 g/mol. The SMILES string of the molecule is CC(C)(C)CCN1CCN(c2ccc(CN)cn2)CC1. The maximum Gasteiger partial charge on any atom is 0.128 e. The molecule has 1 aliphatic heterocycles. The third-order valence-corrected chi connectivity index (χ3v) is 3.92. The van der Waals surface area contributed by atoms with Gasteiger partial charge in [0.2, 0.25) is 0 Å². The number of nitrogens with two attached hydrogens (primary N) is 1. The van der Waals surface area contributed by atoms with Gasteiger partial charge in [0.1, 0.15) is 5.82 Å². The van der Waals surface area contributed by atoms with Gasteiger partial charge in [0.25, 0.3) is 0 Å². The second-order valence-electron chi connectivity index (χ2n) is 6.87. The van der Waals surface area contributed by atoms with Gasteiger partial charge in [-0.2, -0.15) is 0 Å². The van der Waals surface area contributed by atoms with Gasteiger partial charge < -0.3 is 10.6 Å². The molecule has 1 aromatic rings. The van der Waals surface area contributed by atoms with Crippen LogP contribution in [0, 0.1) is 5.41 Å². The van der Waals surface area contributed by atoms with Crippen LogP contribution in [-0.4, -0.2) is 42.6 Å². The minimum absolute atomic E-state index is 0.427. The molecule has 2 rings (SSSR count). The van der Waals surface area contributed by atoms with E-state index in [1.807, 2.05) is 6.20 Å². The lowest BCUT2D eigenvalue weighted by atomic mass is 9.92. The number of nitrogens with zero attached hydrogens (tertiary/aromatic N) is 3. The quantitative estimate of drug-likeness (QED) is 0.915. The van der Waals surface area contributed by atoms with Crippen molar-refractivity contribution in [2.75, 3.05) is 37.6 Å². The van der Waals surface area contributed by atoms with Crippen LogP contribution in [0.25, 0.3) is 0 Å². The summed E-state index contributed by atoms with van der Waals surface area (Å²) in [6.45, 7) is 13.1. The second kappa shape index (κ2) is 6.55. The monoisotopic (exact) mass is 276 g/mol. The summed E-state index contributed by atoms with van der Waals surface area (Å²) in [5.41, 5.74) is 7.13. The van der Waals surface area contributed by atoms with Crippen molar-refractivity contribution in [2.45, 2.75) is 33.7 Å². The van der Waals surface area contributed by atoms with Crippen molar-refractivity contribution in [3.05, 3.63) is 23.9 Å². The lowest BCUT2D eigenvalue weighted by molar-refractivity contribution is 0.217. The Labute approximate surface area is 123 Å². The lowest BCUT2D eigenvalue weighted by Gasteiger charge is -2.36. The molecule has 20 heavy (non-hydrogen) atoms. The Balaban J connectivity index is 1.81. The van der Waals surface area contributed by atoms with Crippen LogP contribution in [-0.2, 0) is 6.54 Å². The first-order valence-electron chi connectivity index (χ1n) is 7.60. The minimum atomic E-state index is 0.427. The summed E-state index contributed by atoms with van der Waals surface area (Å²) in [7, 11) is 0. The summed E-state index contributed by atoms with van der Waals surface area (Å²) >= 11 is 0.